The van der Waals surface area contributed by atoms with Crippen LogP contribution < -0.4 is 5.56 Å². The fourth-order valence-electron chi connectivity index (χ4n) is 2.05. The molecule has 0 fully saturated rings. The average Bonchev–Trinajstić information content (AvgIpc) is 2.85. The van der Waals surface area contributed by atoms with Gasteiger partial charge in [-0.2, -0.15) is 0 Å². The second-order valence-electron chi connectivity index (χ2n) is 4.62. The summed E-state index contributed by atoms with van der Waals surface area (Å²) < 4.78 is 3.32. The van der Waals surface area contributed by atoms with E-state index in [1.165, 1.54) is 10.6 Å². The summed E-state index contributed by atoms with van der Waals surface area (Å²) in [7, 11) is 1.70. The zero-order chi connectivity index (χ0) is 14.4. The Morgan fingerprint density at radius 3 is 2.70 bits per heavy atom. The van der Waals surface area contributed by atoms with Crippen LogP contribution in [-0.2, 0) is 7.05 Å². The lowest BCUT2D eigenvalue weighted by molar-refractivity contribution is 0.859. The molecule has 102 valence electrons. The van der Waals surface area contributed by atoms with E-state index in [2.05, 4.69) is 15.2 Å². The molecule has 6 nitrogen and oxygen atoms in total. The molecule has 3 aromatic rings. The number of aryl methyl sites for hydroxylation is 3. The molecule has 3 rings (SSSR count). The predicted molar refractivity (Wildman–Crippen MR) is 75.9 cm³/mol. The van der Waals surface area contributed by atoms with E-state index in [-0.39, 0.29) is 5.56 Å². The maximum absolute atomic E-state index is 11.8. The van der Waals surface area contributed by atoms with Gasteiger partial charge in [0, 0.05) is 30.6 Å². The lowest BCUT2D eigenvalue weighted by Crippen LogP contribution is -2.14. The standard InChI is InChI=1S/C13H12ClN5O/c1-7-8(2)19-12(16-17-13(19)11(14)15-7)9-4-5-18(3)10(20)6-9/h4-6H,1-3H3. The third-order valence-corrected chi connectivity index (χ3v) is 3.59. The molecular formula is C13H12ClN5O. The Labute approximate surface area is 119 Å². The van der Waals surface area contributed by atoms with Crippen LogP contribution in [0.4, 0.5) is 0 Å². The number of aromatic nitrogens is 5. The van der Waals surface area contributed by atoms with Gasteiger partial charge in [-0.1, -0.05) is 11.6 Å². The Bertz CT molecular complexity index is 880. The number of halogens is 1. The molecule has 7 heteroatoms. The van der Waals surface area contributed by atoms with Crippen molar-refractivity contribution < 1.29 is 0 Å². The van der Waals surface area contributed by atoms with Crippen molar-refractivity contribution in [2.24, 2.45) is 7.05 Å². The third kappa shape index (κ3) is 1.80. The minimum absolute atomic E-state index is 0.103. The van der Waals surface area contributed by atoms with Crippen molar-refractivity contribution in [3.8, 4) is 11.4 Å². The Balaban J connectivity index is 2.37. The first-order chi connectivity index (χ1) is 9.49. The summed E-state index contributed by atoms with van der Waals surface area (Å²) in [5.74, 6) is 0.586. The van der Waals surface area contributed by atoms with E-state index in [1.807, 2.05) is 24.3 Å². The molecule has 20 heavy (non-hydrogen) atoms. The Hall–Kier alpha value is -2.21. The first-order valence-corrected chi connectivity index (χ1v) is 6.41. The molecule has 3 heterocycles. The molecule has 0 unspecified atom stereocenters. The summed E-state index contributed by atoms with van der Waals surface area (Å²) in [5, 5.41) is 8.50. The normalized spacial score (nSPS) is 11.2. The van der Waals surface area contributed by atoms with Crippen molar-refractivity contribution in [1.29, 1.82) is 0 Å². The molecule has 0 saturated carbocycles. The highest BCUT2D eigenvalue weighted by Gasteiger charge is 2.15. The van der Waals surface area contributed by atoms with E-state index in [4.69, 9.17) is 11.6 Å². The summed E-state index contributed by atoms with van der Waals surface area (Å²) in [6.45, 7) is 3.79. The van der Waals surface area contributed by atoms with Gasteiger partial charge in [0.25, 0.3) is 5.56 Å². The Kier molecular flexibility index (Phi) is 2.83. The molecule has 0 aliphatic carbocycles. The topological polar surface area (TPSA) is 65.1 Å². The molecule has 0 aliphatic heterocycles. The lowest BCUT2D eigenvalue weighted by atomic mass is 10.2. The van der Waals surface area contributed by atoms with Crippen molar-refractivity contribution in [1.82, 2.24) is 24.1 Å². The maximum atomic E-state index is 11.8. The number of hydrogen-bond donors (Lipinski definition) is 0. The number of nitrogens with zero attached hydrogens (tertiary/aromatic N) is 5. The lowest BCUT2D eigenvalue weighted by Gasteiger charge is -2.07. The minimum Gasteiger partial charge on any atom is -0.319 e. The second kappa shape index (κ2) is 4.42. The van der Waals surface area contributed by atoms with Gasteiger partial charge in [0.2, 0.25) is 0 Å². The van der Waals surface area contributed by atoms with Crippen LogP contribution in [0.25, 0.3) is 17.0 Å². The highest BCUT2D eigenvalue weighted by Crippen LogP contribution is 2.23. The maximum Gasteiger partial charge on any atom is 0.250 e. The van der Waals surface area contributed by atoms with Crippen LogP contribution in [0.3, 0.4) is 0 Å². The Morgan fingerprint density at radius 1 is 1.25 bits per heavy atom. The van der Waals surface area contributed by atoms with Crippen LogP contribution in [0.15, 0.2) is 23.1 Å². The van der Waals surface area contributed by atoms with Gasteiger partial charge in [0.15, 0.2) is 16.6 Å². The predicted octanol–water partition coefficient (Wildman–Crippen LogP) is 1.76. The monoisotopic (exact) mass is 289 g/mol. The molecule has 0 aliphatic rings. The molecule has 0 radical (unpaired) electrons. The van der Waals surface area contributed by atoms with E-state index in [0.717, 1.165) is 11.4 Å². The number of pyridine rings is 1. The SMILES string of the molecule is Cc1nc(Cl)c2nnc(-c3ccn(C)c(=O)c3)n2c1C. The second-order valence-corrected chi connectivity index (χ2v) is 4.98. The van der Waals surface area contributed by atoms with Crippen molar-refractivity contribution in [2.75, 3.05) is 0 Å². The summed E-state index contributed by atoms with van der Waals surface area (Å²) in [4.78, 5) is 16.0. The molecule has 0 spiro atoms. The van der Waals surface area contributed by atoms with E-state index in [0.29, 0.717) is 22.2 Å². The van der Waals surface area contributed by atoms with Crippen LogP contribution in [-0.4, -0.2) is 24.1 Å². The fraction of sp³-hybridized carbons (Fsp3) is 0.231. The highest BCUT2D eigenvalue weighted by molar-refractivity contribution is 6.32. The van der Waals surface area contributed by atoms with Crippen molar-refractivity contribution >= 4 is 17.2 Å². The third-order valence-electron chi connectivity index (χ3n) is 3.33. The molecule has 0 atom stereocenters. The zero-order valence-electron chi connectivity index (χ0n) is 11.3. The summed E-state index contributed by atoms with van der Waals surface area (Å²) in [6, 6.07) is 3.35. The van der Waals surface area contributed by atoms with Crippen LogP contribution >= 0.6 is 11.6 Å². The molecule has 0 N–H and O–H groups in total. The van der Waals surface area contributed by atoms with Crippen LogP contribution in [0.5, 0.6) is 0 Å². The van der Waals surface area contributed by atoms with Gasteiger partial charge in [0.1, 0.15) is 0 Å². The summed E-state index contributed by atoms with van der Waals surface area (Å²) in [5.41, 5.74) is 2.78. The van der Waals surface area contributed by atoms with E-state index in [1.54, 1.807) is 13.2 Å². The molecule has 3 aromatic heterocycles. The van der Waals surface area contributed by atoms with Crippen LogP contribution in [0, 0.1) is 13.8 Å². The minimum atomic E-state index is -0.103. The van der Waals surface area contributed by atoms with Crippen molar-refractivity contribution in [3.05, 3.63) is 45.2 Å². The number of rotatable bonds is 1. The van der Waals surface area contributed by atoms with Crippen LogP contribution in [0.1, 0.15) is 11.4 Å². The highest BCUT2D eigenvalue weighted by atomic mass is 35.5. The molecule has 0 amide bonds. The summed E-state index contributed by atoms with van der Waals surface area (Å²) >= 11 is 6.09. The first-order valence-electron chi connectivity index (χ1n) is 6.04. The first kappa shape index (κ1) is 12.8. The summed E-state index contributed by atoms with van der Waals surface area (Å²) in [6.07, 6.45) is 1.70. The van der Waals surface area contributed by atoms with Gasteiger partial charge in [-0.25, -0.2) is 4.98 Å². The van der Waals surface area contributed by atoms with E-state index < -0.39 is 0 Å². The number of fused-ring (bicyclic) bond motifs is 1. The molecular weight excluding hydrogens is 278 g/mol. The van der Waals surface area contributed by atoms with Crippen molar-refractivity contribution in [2.45, 2.75) is 13.8 Å². The van der Waals surface area contributed by atoms with Crippen molar-refractivity contribution in [3.63, 3.8) is 0 Å². The smallest absolute Gasteiger partial charge is 0.250 e. The van der Waals surface area contributed by atoms with Gasteiger partial charge in [-0.3, -0.25) is 9.20 Å². The largest absolute Gasteiger partial charge is 0.319 e. The molecule has 0 aromatic carbocycles. The molecule has 0 bridgehead atoms. The van der Waals surface area contributed by atoms with Gasteiger partial charge < -0.3 is 4.57 Å². The Morgan fingerprint density at radius 2 is 2.00 bits per heavy atom. The van der Waals surface area contributed by atoms with Crippen LogP contribution in [0.2, 0.25) is 5.15 Å². The van der Waals surface area contributed by atoms with Gasteiger partial charge in [0.05, 0.1) is 5.69 Å². The zero-order valence-corrected chi connectivity index (χ0v) is 12.0. The average molecular weight is 290 g/mol. The quantitative estimate of drug-likeness (QED) is 0.685. The number of hydrogen-bond acceptors (Lipinski definition) is 4. The van der Waals surface area contributed by atoms with Gasteiger partial charge in [-0.15, -0.1) is 10.2 Å². The van der Waals surface area contributed by atoms with Gasteiger partial charge >= 0.3 is 0 Å². The van der Waals surface area contributed by atoms with E-state index >= 15 is 0 Å². The van der Waals surface area contributed by atoms with Gasteiger partial charge in [-0.05, 0) is 19.9 Å². The fourth-order valence-corrected chi connectivity index (χ4v) is 2.30. The molecule has 0 saturated heterocycles. The van der Waals surface area contributed by atoms with E-state index in [9.17, 15) is 4.79 Å².